The number of anilines is 1. The maximum atomic E-state index is 13.0. The van der Waals surface area contributed by atoms with Gasteiger partial charge in [-0.2, -0.15) is 0 Å². The van der Waals surface area contributed by atoms with Gasteiger partial charge in [0.15, 0.2) is 17.5 Å². The average molecular weight is 318 g/mol. The second kappa shape index (κ2) is 8.03. The standard InChI is InChI=1S/C15H21F3N2O2/c1-3-5-15(22,6-4-2)9-13(21)20-19-10-7-11(16)14(18)12(17)8-10/h7-8,19,22H,3-6,9H2,1-2H3,(H,20,21). The van der Waals surface area contributed by atoms with Gasteiger partial charge in [-0.05, 0) is 12.8 Å². The Labute approximate surface area is 127 Å². The summed E-state index contributed by atoms with van der Waals surface area (Å²) in [5.41, 5.74) is 3.32. The Morgan fingerprint density at radius 1 is 1.14 bits per heavy atom. The van der Waals surface area contributed by atoms with Crippen LogP contribution in [0.5, 0.6) is 0 Å². The van der Waals surface area contributed by atoms with Crippen molar-refractivity contribution >= 4 is 11.6 Å². The molecule has 124 valence electrons. The average Bonchev–Trinajstić information content (AvgIpc) is 2.42. The van der Waals surface area contributed by atoms with Crippen LogP contribution in [-0.4, -0.2) is 16.6 Å². The third kappa shape index (κ3) is 5.22. The Balaban J connectivity index is 2.62. The molecule has 0 spiro atoms. The topological polar surface area (TPSA) is 61.4 Å². The fourth-order valence-corrected chi connectivity index (χ4v) is 2.35. The monoisotopic (exact) mass is 318 g/mol. The van der Waals surface area contributed by atoms with Crippen LogP contribution in [0.25, 0.3) is 0 Å². The lowest BCUT2D eigenvalue weighted by Crippen LogP contribution is -2.39. The molecular formula is C15H21F3N2O2. The zero-order valence-electron chi connectivity index (χ0n) is 12.7. The van der Waals surface area contributed by atoms with E-state index >= 15 is 0 Å². The fraction of sp³-hybridized carbons (Fsp3) is 0.533. The molecule has 0 saturated carbocycles. The Morgan fingerprint density at radius 2 is 1.64 bits per heavy atom. The first-order valence-electron chi connectivity index (χ1n) is 7.23. The second-order valence-corrected chi connectivity index (χ2v) is 5.33. The summed E-state index contributed by atoms with van der Waals surface area (Å²) in [6, 6.07) is 1.45. The number of hydrogen-bond acceptors (Lipinski definition) is 3. The van der Waals surface area contributed by atoms with E-state index in [0.29, 0.717) is 12.8 Å². The Hall–Kier alpha value is -1.76. The van der Waals surface area contributed by atoms with E-state index < -0.39 is 29.0 Å². The second-order valence-electron chi connectivity index (χ2n) is 5.33. The van der Waals surface area contributed by atoms with Gasteiger partial charge in [-0.1, -0.05) is 26.7 Å². The molecule has 0 fully saturated rings. The summed E-state index contributed by atoms with van der Waals surface area (Å²) in [5.74, 6) is -4.80. The zero-order valence-corrected chi connectivity index (χ0v) is 12.7. The maximum absolute atomic E-state index is 13.0. The van der Waals surface area contributed by atoms with Crippen molar-refractivity contribution in [2.24, 2.45) is 0 Å². The van der Waals surface area contributed by atoms with Crippen molar-refractivity contribution in [2.75, 3.05) is 5.43 Å². The molecule has 4 nitrogen and oxygen atoms in total. The summed E-state index contributed by atoms with van der Waals surface area (Å²) in [7, 11) is 0. The molecule has 0 radical (unpaired) electrons. The highest BCUT2D eigenvalue weighted by Gasteiger charge is 2.28. The van der Waals surface area contributed by atoms with Crippen LogP contribution >= 0.6 is 0 Å². The van der Waals surface area contributed by atoms with Crippen molar-refractivity contribution in [3.05, 3.63) is 29.6 Å². The predicted molar refractivity (Wildman–Crippen MR) is 77.5 cm³/mol. The van der Waals surface area contributed by atoms with Crippen LogP contribution in [0, 0.1) is 17.5 Å². The van der Waals surface area contributed by atoms with E-state index in [1.54, 1.807) is 0 Å². The van der Waals surface area contributed by atoms with E-state index in [9.17, 15) is 23.1 Å². The third-order valence-corrected chi connectivity index (χ3v) is 3.25. The SMILES string of the molecule is CCCC(O)(CCC)CC(=O)NNc1cc(F)c(F)c(F)c1. The van der Waals surface area contributed by atoms with Crippen molar-refractivity contribution in [3.63, 3.8) is 0 Å². The first-order chi connectivity index (χ1) is 10.3. The van der Waals surface area contributed by atoms with Crippen molar-refractivity contribution in [3.8, 4) is 0 Å². The number of halogens is 3. The minimum atomic E-state index is -1.57. The molecule has 0 aliphatic carbocycles. The van der Waals surface area contributed by atoms with Gasteiger partial charge in [0.25, 0.3) is 0 Å². The highest BCUT2D eigenvalue weighted by atomic mass is 19.2. The van der Waals surface area contributed by atoms with E-state index in [-0.39, 0.29) is 12.1 Å². The molecule has 0 saturated heterocycles. The molecule has 0 heterocycles. The van der Waals surface area contributed by atoms with E-state index in [0.717, 1.165) is 25.0 Å². The van der Waals surface area contributed by atoms with Gasteiger partial charge in [0.2, 0.25) is 5.91 Å². The largest absolute Gasteiger partial charge is 0.389 e. The minimum Gasteiger partial charge on any atom is -0.389 e. The Morgan fingerprint density at radius 3 is 2.09 bits per heavy atom. The van der Waals surface area contributed by atoms with Crippen LogP contribution in [0.3, 0.4) is 0 Å². The van der Waals surface area contributed by atoms with Crippen molar-refractivity contribution in [1.82, 2.24) is 5.43 Å². The molecule has 0 atom stereocenters. The summed E-state index contributed by atoms with van der Waals surface area (Å²) in [6.07, 6.45) is 2.28. The number of benzene rings is 1. The lowest BCUT2D eigenvalue weighted by Gasteiger charge is -2.26. The third-order valence-electron chi connectivity index (χ3n) is 3.25. The molecule has 0 aliphatic heterocycles. The highest BCUT2D eigenvalue weighted by molar-refractivity contribution is 5.78. The van der Waals surface area contributed by atoms with Gasteiger partial charge in [-0.15, -0.1) is 0 Å². The number of hydrazine groups is 1. The molecular weight excluding hydrogens is 297 g/mol. The lowest BCUT2D eigenvalue weighted by atomic mass is 9.89. The minimum absolute atomic E-state index is 0.126. The summed E-state index contributed by atoms with van der Waals surface area (Å²) >= 11 is 0. The molecule has 1 aromatic rings. The molecule has 1 aromatic carbocycles. The van der Waals surface area contributed by atoms with Crippen molar-refractivity contribution in [1.29, 1.82) is 0 Å². The van der Waals surface area contributed by atoms with E-state index in [1.807, 2.05) is 13.8 Å². The number of carbonyl (C=O) groups is 1. The summed E-state index contributed by atoms with van der Waals surface area (Å²) in [4.78, 5) is 11.8. The van der Waals surface area contributed by atoms with Gasteiger partial charge >= 0.3 is 0 Å². The predicted octanol–water partition coefficient (Wildman–Crippen LogP) is 3.27. The number of rotatable bonds is 8. The highest BCUT2D eigenvalue weighted by Crippen LogP contribution is 2.23. The molecule has 1 amide bonds. The Bertz CT molecular complexity index is 495. The normalized spacial score (nSPS) is 11.4. The molecule has 0 aliphatic rings. The molecule has 0 unspecified atom stereocenters. The molecule has 22 heavy (non-hydrogen) atoms. The molecule has 1 rings (SSSR count). The maximum Gasteiger partial charge on any atom is 0.241 e. The van der Waals surface area contributed by atoms with Gasteiger partial charge < -0.3 is 5.11 Å². The van der Waals surface area contributed by atoms with Gasteiger partial charge in [0.1, 0.15) is 0 Å². The number of amides is 1. The number of aliphatic hydroxyl groups is 1. The number of carbonyl (C=O) groups excluding carboxylic acids is 1. The summed E-state index contributed by atoms with van der Waals surface area (Å²) in [5, 5.41) is 10.3. The first-order valence-corrected chi connectivity index (χ1v) is 7.23. The van der Waals surface area contributed by atoms with Gasteiger partial charge in [-0.3, -0.25) is 15.6 Å². The van der Waals surface area contributed by atoms with Gasteiger partial charge in [0.05, 0.1) is 17.7 Å². The van der Waals surface area contributed by atoms with Crippen molar-refractivity contribution in [2.45, 2.75) is 51.6 Å². The fourth-order valence-electron chi connectivity index (χ4n) is 2.35. The van der Waals surface area contributed by atoms with Crippen LogP contribution in [0.1, 0.15) is 46.0 Å². The van der Waals surface area contributed by atoms with Crippen LogP contribution in [0.4, 0.5) is 18.9 Å². The van der Waals surface area contributed by atoms with E-state index in [1.165, 1.54) is 0 Å². The molecule has 0 aromatic heterocycles. The van der Waals surface area contributed by atoms with Crippen LogP contribution in [-0.2, 0) is 4.79 Å². The van der Waals surface area contributed by atoms with Crippen molar-refractivity contribution < 1.29 is 23.1 Å². The van der Waals surface area contributed by atoms with Crippen LogP contribution < -0.4 is 10.9 Å². The number of nitrogens with one attached hydrogen (secondary N) is 2. The van der Waals surface area contributed by atoms with Gasteiger partial charge in [-0.25, -0.2) is 13.2 Å². The summed E-state index contributed by atoms with van der Waals surface area (Å²) in [6.45, 7) is 3.81. The molecule has 7 heteroatoms. The molecule has 0 bridgehead atoms. The quantitative estimate of drug-likeness (QED) is 0.509. The van der Waals surface area contributed by atoms with E-state index in [4.69, 9.17) is 0 Å². The zero-order chi connectivity index (χ0) is 16.8. The van der Waals surface area contributed by atoms with Gasteiger partial charge in [0, 0.05) is 12.1 Å². The Kier molecular flexibility index (Phi) is 6.67. The summed E-state index contributed by atoms with van der Waals surface area (Å²) < 4.78 is 38.9. The first kappa shape index (κ1) is 18.3. The lowest BCUT2D eigenvalue weighted by molar-refractivity contribution is -0.126. The van der Waals surface area contributed by atoms with Crippen LogP contribution in [0.2, 0.25) is 0 Å². The van der Waals surface area contributed by atoms with Crippen LogP contribution in [0.15, 0.2) is 12.1 Å². The van der Waals surface area contributed by atoms with E-state index in [2.05, 4.69) is 10.9 Å². The molecule has 3 N–H and O–H groups in total. The number of hydrogen-bond donors (Lipinski definition) is 3. The smallest absolute Gasteiger partial charge is 0.241 e.